The second kappa shape index (κ2) is 5.44. The molecule has 0 aliphatic carbocycles. The van der Waals surface area contributed by atoms with Crippen LogP contribution in [-0.2, 0) is 17.7 Å². The molecule has 8 heteroatoms. The summed E-state index contributed by atoms with van der Waals surface area (Å²) in [5.41, 5.74) is -1.03. The zero-order valence-corrected chi connectivity index (χ0v) is 12.7. The third kappa shape index (κ3) is 4.45. The van der Waals surface area contributed by atoms with Crippen LogP contribution in [0.3, 0.4) is 0 Å². The van der Waals surface area contributed by atoms with E-state index in [1.165, 1.54) is 13.2 Å². The summed E-state index contributed by atoms with van der Waals surface area (Å²) in [6, 6.07) is 0. The Morgan fingerprint density at radius 2 is 2.11 bits per heavy atom. The molecular formula is C11H16BrF2N3O2. The molecule has 1 aromatic heterocycles. The lowest BCUT2D eigenvalue weighted by molar-refractivity contribution is -0.0167. The van der Waals surface area contributed by atoms with Gasteiger partial charge in [0.25, 0.3) is 0 Å². The number of nitrogens with zero attached hydrogens (tertiary/aromatic N) is 2. The molecule has 19 heavy (non-hydrogen) atoms. The Kier molecular flexibility index (Phi) is 4.54. The van der Waals surface area contributed by atoms with Crippen molar-refractivity contribution >= 4 is 22.0 Å². The number of amides is 1. The Morgan fingerprint density at radius 3 is 2.53 bits per heavy atom. The van der Waals surface area contributed by atoms with Crippen molar-refractivity contribution in [3.63, 3.8) is 0 Å². The molecule has 1 heterocycles. The van der Waals surface area contributed by atoms with Crippen LogP contribution in [0.15, 0.2) is 10.7 Å². The maximum atomic E-state index is 13.9. The summed E-state index contributed by atoms with van der Waals surface area (Å²) in [6.07, 6.45) is 0.391. The number of aromatic nitrogens is 2. The lowest BCUT2D eigenvalue weighted by Crippen LogP contribution is -2.39. The molecule has 1 rings (SSSR count). The average molecular weight is 340 g/mol. The van der Waals surface area contributed by atoms with E-state index in [4.69, 9.17) is 4.74 Å². The molecule has 0 fully saturated rings. The van der Waals surface area contributed by atoms with E-state index < -0.39 is 24.2 Å². The van der Waals surface area contributed by atoms with E-state index in [-0.39, 0.29) is 10.2 Å². The van der Waals surface area contributed by atoms with Gasteiger partial charge in [0, 0.05) is 7.05 Å². The summed E-state index contributed by atoms with van der Waals surface area (Å²) in [5.74, 6) is -3.25. The SMILES string of the molecule is Cn1ncc(Br)c1C(F)(F)CNC(=O)OC(C)(C)C. The third-order valence-electron chi connectivity index (χ3n) is 2.09. The number of hydrogen-bond acceptors (Lipinski definition) is 3. The molecule has 0 aliphatic heterocycles. The number of carbonyl (C=O) groups excluding carboxylic acids is 1. The number of carbonyl (C=O) groups is 1. The van der Waals surface area contributed by atoms with Crippen molar-refractivity contribution in [3.8, 4) is 0 Å². The first-order chi connectivity index (χ1) is 8.53. The topological polar surface area (TPSA) is 56.2 Å². The van der Waals surface area contributed by atoms with Crippen LogP contribution >= 0.6 is 15.9 Å². The standard InChI is InChI=1S/C11H16BrF2N3O2/c1-10(2,3)19-9(18)15-6-11(13,14)8-7(12)5-16-17(8)4/h5H,6H2,1-4H3,(H,15,18). The van der Waals surface area contributed by atoms with E-state index in [1.807, 2.05) is 5.32 Å². The van der Waals surface area contributed by atoms with Crippen LogP contribution in [-0.4, -0.2) is 28.0 Å². The van der Waals surface area contributed by atoms with Crippen LogP contribution < -0.4 is 5.32 Å². The first-order valence-corrected chi connectivity index (χ1v) is 6.35. The molecule has 0 aromatic carbocycles. The minimum absolute atomic E-state index is 0.186. The van der Waals surface area contributed by atoms with Crippen molar-refractivity contribution in [2.45, 2.75) is 32.3 Å². The van der Waals surface area contributed by atoms with Gasteiger partial charge in [-0.05, 0) is 36.7 Å². The summed E-state index contributed by atoms with van der Waals surface area (Å²) < 4.78 is 34.0. The third-order valence-corrected chi connectivity index (χ3v) is 2.67. The minimum Gasteiger partial charge on any atom is -0.444 e. The Hall–Kier alpha value is -1.18. The highest BCUT2D eigenvalue weighted by Gasteiger charge is 2.38. The molecular weight excluding hydrogens is 324 g/mol. The van der Waals surface area contributed by atoms with Crippen molar-refractivity contribution < 1.29 is 18.3 Å². The lowest BCUT2D eigenvalue weighted by atomic mass is 10.2. The van der Waals surface area contributed by atoms with Crippen LogP contribution in [0.4, 0.5) is 13.6 Å². The molecule has 0 atom stereocenters. The summed E-state index contributed by atoms with van der Waals surface area (Å²) in [4.78, 5) is 11.3. The number of rotatable bonds is 3. The number of hydrogen-bond donors (Lipinski definition) is 1. The Balaban J connectivity index is 2.69. The second-order valence-corrected chi connectivity index (χ2v) is 5.88. The van der Waals surface area contributed by atoms with Gasteiger partial charge in [-0.15, -0.1) is 0 Å². The fourth-order valence-corrected chi connectivity index (χ4v) is 2.04. The number of nitrogens with one attached hydrogen (secondary N) is 1. The monoisotopic (exact) mass is 339 g/mol. The first-order valence-electron chi connectivity index (χ1n) is 5.55. The Morgan fingerprint density at radius 1 is 1.53 bits per heavy atom. The number of alkyl carbamates (subject to hydrolysis) is 1. The summed E-state index contributed by atoms with van der Waals surface area (Å²) in [5, 5.41) is 5.76. The molecule has 0 bridgehead atoms. The quantitative estimate of drug-likeness (QED) is 0.921. The molecule has 0 unspecified atom stereocenters. The highest BCUT2D eigenvalue weighted by Crippen LogP contribution is 2.32. The van der Waals surface area contributed by atoms with Gasteiger partial charge in [-0.2, -0.15) is 13.9 Å². The van der Waals surface area contributed by atoms with Crippen molar-refractivity contribution in [3.05, 3.63) is 16.4 Å². The minimum atomic E-state index is -3.25. The van der Waals surface area contributed by atoms with Crippen LogP contribution in [0.25, 0.3) is 0 Å². The fourth-order valence-electron chi connectivity index (χ4n) is 1.40. The van der Waals surface area contributed by atoms with E-state index in [2.05, 4.69) is 21.0 Å². The van der Waals surface area contributed by atoms with Gasteiger partial charge >= 0.3 is 12.0 Å². The molecule has 1 aromatic rings. The van der Waals surface area contributed by atoms with E-state index in [1.54, 1.807) is 20.8 Å². The average Bonchev–Trinajstić information content (AvgIpc) is 2.54. The fraction of sp³-hybridized carbons (Fsp3) is 0.636. The predicted molar refractivity (Wildman–Crippen MR) is 69.0 cm³/mol. The van der Waals surface area contributed by atoms with E-state index in [0.29, 0.717) is 0 Å². The maximum Gasteiger partial charge on any atom is 0.407 e. The number of alkyl halides is 2. The van der Waals surface area contributed by atoms with E-state index >= 15 is 0 Å². The molecule has 1 amide bonds. The van der Waals surface area contributed by atoms with Gasteiger partial charge in [0.2, 0.25) is 0 Å². The highest BCUT2D eigenvalue weighted by atomic mass is 79.9. The van der Waals surface area contributed by atoms with Crippen LogP contribution in [0.2, 0.25) is 0 Å². The Bertz CT molecular complexity index is 449. The van der Waals surface area contributed by atoms with Gasteiger partial charge < -0.3 is 10.1 Å². The second-order valence-electron chi connectivity index (χ2n) is 5.02. The van der Waals surface area contributed by atoms with Crippen molar-refractivity contribution in [1.29, 1.82) is 0 Å². The molecule has 0 saturated carbocycles. The van der Waals surface area contributed by atoms with Crippen molar-refractivity contribution in [2.75, 3.05) is 6.54 Å². The number of ether oxygens (including phenoxy) is 1. The summed E-state index contributed by atoms with van der Waals surface area (Å²) in [6.45, 7) is 4.10. The maximum absolute atomic E-state index is 13.9. The van der Waals surface area contributed by atoms with Gasteiger partial charge in [-0.1, -0.05) is 0 Å². The summed E-state index contributed by atoms with van der Waals surface area (Å²) in [7, 11) is 1.40. The molecule has 108 valence electrons. The van der Waals surface area contributed by atoms with Gasteiger partial charge in [0.15, 0.2) is 0 Å². The number of halogens is 3. The molecule has 0 saturated heterocycles. The van der Waals surface area contributed by atoms with E-state index in [9.17, 15) is 13.6 Å². The largest absolute Gasteiger partial charge is 0.444 e. The van der Waals surface area contributed by atoms with Crippen LogP contribution in [0.5, 0.6) is 0 Å². The molecule has 5 nitrogen and oxygen atoms in total. The molecule has 1 N–H and O–H groups in total. The molecule has 0 radical (unpaired) electrons. The molecule has 0 aliphatic rings. The van der Waals surface area contributed by atoms with Gasteiger partial charge in [-0.25, -0.2) is 4.79 Å². The van der Waals surface area contributed by atoms with Crippen LogP contribution in [0.1, 0.15) is 26.5 Å². The normalized spacial score (nSPS) is 12.4. The van der Waals surface area contributed by atoms with E-state index in [0.717, 1.165) is 4.68 Å². The lowest BCUT2D eigenvalue weighted by Gasteiger charge is -2.22. The molecule has 0 spiro atoms. The van der Waals surface area contributed by atoms with Gasteiger partial charge in [-0.3, -0.25) is 4.68 Å². The van der Waals surface area contributed by atoms with Gasteiger partial charge in [0.05, 0.1) is 17.2 Å². The van der Waals surface area contributed by atoms with Crippen molar-refractivity contribution in [1.82, 2.24) is 15.1 Å². The smallest absolute Gasteiger partial charge is 0.407 e. The van der Waals surface area contributed by atoms with Crippen LogP contribution in [0, 0.1) is 0 Å². The zero-order chi connectivity index (χ0) is 14.8. The number of aryl methyl sites for hydroxylation is 1. The summed E-state index contributed by atoms with van der Waals surface area (Å²) >= 11 is 3.00. The zero-order valence-electron chi connectivity index (χ0n) is 11.1. The predicted octanol–water partition coefficient (Wildman–Crippen LogP) is 2.80. The van der Waals surface area contributed by atoms with Gasteiger partial charge in [0.1, 0.15) is 11.3 Å². The highest BCUT2D eigenvalue weighted by molar-refractivity contribution is 9.10. The Labute approximate surface area is 118 Å². The van der Waals surface area contributed by atoms with Crippen molar-refractivity contribution in [2.24, 2.45) is 7.05 Å². The first kappa shape index (κ1) is 15.9.